The van der Waals surface area contributed by atoms with Crippen LogP contribution in [-0.2, 0) is 0 Å². The molecule has 1 aliphatic heterocycles. The van der Waals surface area contributed by atoms with Crippen molar-refractivity contribution in [1.29, 1.82) is 0 Å². The highest BCUT2D eigenvalue weighted by Crippen LogP contribution is 2.32. The van der Waals surface area contributed by atoms with E-state index in [9.17, 15) is 0 Å². The third-order valence-corrected chi connectivity index (χ3v) is 6.83. The molecule has 0 amide bonds. The minimum atomic E-state index is 0.911. The molecule has 6 nitrogen and oxygen atoms in total. The van der Waals surface area contributed by atoms with Crippen LogP contribution in [0.1, 0.15) is 16.9 Å². The lowest BCUT2D eigenvalue weighted by molar-refractivity contribution is 0.257. The number of hydrogen-bond donors (Lipinski definition) is 1. The second kappa shape index (κ2) is 8.97. The molecule has 0 bridgehead atoms. The average molecular weight is 412 g/mol. The molecule has 3 heterocycles. The third-order valence-electron chi connectivity index (χ3n) is 5.72. The Morgan fingerprint density at radius 1 is 1.07 bits per heavy atom. The van der Waals surface area contributed by atoms with Crippen LogP contribution >= 0.6 is 11.3 Å². The van der Waals surface area contributed by atoms with Gasteiger partial charge in [0.15, 0.2) is 0 Å². The van der Waals surface area contributed by atoms with Crippen LogP contribution in [0, 0.1) is 13.8 Å². The number of rotatable bonds is 7. The molecule has 1 aliphatic rings. The Kier molecular flexibility index (Phi) is 6.16. The van der Waals surface area contributed by atoms with Crippen LogP contribution in [-0.4, -0.2) is 61.2 Å². The number of aromatic nitrogens is 2. The van der Waals surface area contributed by atoms with E-state index in [0.717, 1.165) is 62.1 Å². The molecular formula is C22H29N5OS. The summed E-state index contributed by atoms with van der Waals surface area (Å²) in [5.41, 5.74) is 2.57. The molecule has 0 radical (unpaired) electrons. The van der Waals surface area contributed by atoms with Crippen molar-refractivity contribution in [2.24, 2.45) is 0 Å². The Morgan fingerprint density at radius 2 is 1.83 bits per heavy atom. The van der Waals surface area contributed by atoms with E-state index in [-0.39, 0.29) is 0 Å². The number of nitrogens with one attached hydrogen (secondary N) is 1. The van der Waals surface area contributed by atoms with Gasteiger partial charge >= 0.3 is 0 Å². The van der Waals surface area contributed by atoms with Crippen LogP contribution in [0.2, 0.25) is 0 Å². The quantitative estimate of drug-likeness (QED) is 0.595. The number of thiophene rings is 1. The number of piperazine rings is 1. The van der Waals surface area contributed by atoms with Crippen molar-refractivity contribution < 1.29 is 4.74 Å². The first kappa shape index (κ1) is 19.9. The minimum absolute atomic E-state index is 0.911. The molecule has 0 unspecified atom stereocenters. The summed E-state index contributed by atoms with van der Waals surface area (Å²) in [6.45, 7) is 10.7. The fraction of sp³-hybridized carbons (Fsp3) is 0.455. The standard InChI is InChI=1S/C22H29N5OS/c1-16-17(2)29-22-20(16)21(24-15-25-22)23-9-4-10-26-11-13-27(14-12-26)18-5-7-19(28-3)8-6-18/h5-8,15H,4,9-14H2,1-3H3,(H,23,24,25). The first-order valence-corrected chi connectivity index (χ1v) is 11.0. The average Bonchev–Trinajstić information content (AvgIpc) is 3.06. The zero-order valence-corrected chi connectivity index (χ0v) is 18.3. The first-order chi connectivity index (χ1) is 14.2. The molecule has 4 rings (SSSR count). The summed E-state index contributed by atoms with van der Waals surface area (Å²) in [4.78, 5) is 16.3. The van der Waals surface area contributed by atoms with Crippen LogP contribution in [0.15, 0.2) is 30.6 Å². The molecule has 0 aliphatic carbocycles. The van der Waals surface area contributed by atoms with Crippen molar-refractivity contribution >= 4 is 33.1 Å². The third kappa shape index (κ3) is 4.46. The lowest BCUT2D eigenvalue weighted by atomic mass is 10.2. The van der Waals surface area contributed by atoms with E-state index in [1.54, 1.807) is 24.8 Å². The van der Waals surface area contributed by atoms with Gasteiger partial charge in [0.25, 0.3) is 0 Å². The van der Waals surface area contributed by atoms with Gasteiger partial charge in [0, 0.05) is 43.3 Å². The number of nitrogens with zero attached hydrogens (tertiary/aromatic N) is 4. The lowest BCUT2D eigenvalue weighted by Crippen LogP contribution is -2.46. The molecule has 2 aromatic heterocycles. The van der Waals surface area contributed by atoms with Gasteiger partial charge < -0.3 is 15.0 Å². The molecule has 1 aromatic carbocycles. The summed E-state index contributed by atoms with van der Waals surface area (Å²) in [5, 5.41) is 4.72. The highest BCUT2D eigenvalue weighted by Gasteiger charge is 2.17. The van der Waals surface area contributed by atoms with E-state index in [1.165, 1.54) is 21.5 Å². The van der Waals surface area contributed by atoms with E-state index in [4.69, 9.17) is 4.74 Å². The number of aryl methyl sites for hydroxylation is 2. The molecular weight excluding hydrogens is 382 g/mol. The normalized spacial score (nSPS) is 15.1. The zero-order valence-electron chi connectivity index (χ0n) is 17.4. The monoisotopic (exact) mass is 411 g/mol. The van der Waals surface area contributed by atoms with E-state index < -0.39 is 0 Å². The summed E-state index contributed by atoms with van der Waals surface area (Å²) in [5.74, 6) is 1.88. The molecule has 1 fully saturated rings. The van der Waals surface area contributed by atoms with Crippen LogP contribution in [0.4, 0.5) is 11.5 Å². The summed E-state index contributed by atoms with van der Waals surface area (Å²) in [6, 6.07) is 8.37. The van der Waals surface area contributed by atoms with Gasteiger partial charge in [0.05, 0.1) is 12.5 Å². The molecule has 3 aromatic rings. The topological polar surface area (TPSA) is 53.5 Å². The van der Waals surface area contributed by atoms with Crippen molar-refractivity contribution in [2.45, 2.75) is 20.3 Å². The van der Waals surface area contributed by atoms with Crippen LogP contribution in [0.3, 0.4) is 0 Å². The van der Waals surface area contributed by atoms with Crippen LogP contribution in [0.25, 0.3) is 10.2 Å². The highest BCUT2D eigenvalue weighted by atomic mass is 32.1. The second-order valence-electron chi connectivity index (χ2n) is 7.49. The molecule has 0 saturated carbocycles. The van der Waals surface area contributed by atoms with Crippen LogP contribution in [0.5, 0.6) is 5.75 Å². The first-order valence-electron chi connectivity index (χ1n) is 10.2. The number of methoxy groups -OCH3 is 1. The smallest absolute Gasteiger partial charge is 0.138 e. The highest BCUT2D eigenvalue weighted by molar-refractivity contribution is 7.18. The molecule has 7 heteroatoms. The van der Waals surface area contributed by atoms with Gasteiger partial charge in [-0.1, -0.05) is 0 Å². The minimum Gasteiger partial charge on any atom is -0.497 e. The predicted octanol–water partition coefficient (Wildman–Crippen LogP) is 3.94. The number of fused-ring (bicyclic) bond motifs is 1. The Hall–Kier alpha value is -2.38. The Morgan fingerprint density at radius 3 is 2.55 bits per heavy atom. The van der Waals surface area contributed by atoms with Gasteiger partial charge in [0.2, 0.25) is 0 Å². The number of ether oxygens (including phenoxy) is 1. The predicted molar refractivity (Wildman–Crippen MR) is 122 cm³/mol. The van der Waals surface area contributed by atoms with Crippen molar-refractivity contribution in [1.82, 2.24) is 14.9 Å². The van der Waals surface area contributed by atoms with Gasteiger partial charge in [0.1, 0.15) is 22.7 Å². The fourth-order valence-electron chi connectivity index (χ4n) is 3.85. The maximum atomic E-state index is 5.25. The Balaban J connectivity index is 1.23. The van der Waals surface area contributed by atoms with Gasteiger partial charge in [-0.3, -0.25) is 4.90 Å². The maximum absolute atomic E-state index is 5.25. The second-order valence-corrected chi connectivity index (χ2v) is 8.70. The van der Waals surface area contributed by atoms with Gasteiger partial charge in [-0.05, 0) is 56.6 Å². The van der Waals surface area contributed by atoms with Crippen molar-refractivity contribution in [3.05, 3.63) is 41.0 Å². The number of hydrogen-bond acceptors (Lipinski definition) is 7. The lowest BCUT2D eigenvalue weighted by Gasteiger charge is -2.36. The van der Waals surface area contributed by atoms with Gasteiger partial charge in [-0.2, -0.15) is 0 Å². The van der Waals surface area contributed by atoms with Crippen molar-refractivity contribution in [2.75, 3.05) is 56.6 Å². The summed E-state index contributed by atoms with van der Waals surface area (Å²) in [6.07, 6.45) is 2.77. The summed E-state index contributed by atoms with van der Waals surface area (Å²) >= 11 is 1.74. The largest absolute Gasteiger partial charge is 0.497 e. The molecule has 1 saturated heterocycles. The maximum Gasteiger partial charge on any atom is 0.138 e. The van der Waals surface area contributed by atoms with Crippen molar-refractivity contribution in [3.8, 4) is 5.75 Å². The number of anilines is 2. The van der Waals surface area contributed by atoms with E-state index in [2.05, 4.69) is 51.1 Å². The SMILES string of the molecule is COc1ccc(N2CCN(CCCNc3ncnc4sc(C)c(C)c34)CC2)cc1. The number of benzene rings is 1. The van der Waals surface area contributed by atoms with Gasteiger partial charge in [-0.25, -0.2) is 9.97 Å². The molecule has 154 valence electrons. The van der Waals surface area contributed by atoms with E-state index >= 15 is 0 Å². The zero-order chi connectivity index (χ0) is 20.2. The van der Waals surface area contributed by atoms with E-state index in [1.807, 2.05) is 12.1 Å². The molecule has 29 heavy (non-hydrogen) atoms. The Labute approximate surface area is 176 Å². The Bertz CT molecular complexity index is 948. The molecule has 0 spiro atoms. The molecule has 1 N–H and O–H groups in total. The van der Waals surface area contributed by atoms with E-state index in [0.29, 0.717) is 0 Å². The summed E-state index contributed by atoms with van der Waals surface area (Å²) < 4.78 is 5.25. The van der Waals surface area contributed by atoms with Crippen LogP contribution < -0.4 is 15.0 Å². The van der Waals surface area contributed by atoms with Crippen molar-refractivity contribution in [3.63, 3.8) is 0 Å². The fourth-order valence-corrected chi connectivity index (χ4v) is 4.85. The molecule has 0 atom stereocenters. The van der Waals surface area contributed by atoms with Gasteiger partial charge in [-0.15, -0.1) is 11.3 Å². The summed E-state index contributed by atoms with van der Waals surface area (Å²) in [7, 11) is 1.71.